The van der Waals surface area contributed by atoms with Crippen LogP contribution in [0.15, 0.2) is 21.1 Å². The van der Waals surface area contributed by atoms with Crippen LogP contribution in [0, 0.1) is 0 Å². The predicted molar refractivity (Wildman–Crippen MR) is 53.4 cm³/mol. The summed E-state index contributed by atoms with van der Waals surface area (Å²) in [7, 11) is 1.60. The molecular formula is C7H5Br2ClO. The van der Waals surface area contributed by atoms with Crippen LogP contribution < -0.4 is 4.74 Å². The van der Waals surface area contributed by atoms with Crippen molar-refractivity contribution in [2.75, 3.05) is 7.11 Å². The Bertz CT molecular complexity index is 275. The molecule has 4 heteroatoms. The minimum Gasteiger partial charge on any atom is -0.495 e. The average Bonchev–Trinajstić information content (AvgIpc) is 1.96. The molecular weight excluding hydrogens is 295 g/mol. The Kier molecular flexibility index (Phi) is 3.22. The lowest BCUT2D eigenvalue weighted by Gasteiger charge is -2.04. The van der Waals surface area contributed by atoms with Gasteiger partial charge in [-0.2, -0.15) is 0 Å². The van der Waals surface area contributed by atoms with Crippen LogP contribution in [0.3, 0.4) is 0 Å². The lowest BCUT2D eigenvalue weighted by Crippen LogP contribution is -1.84. The fourth-order valence-corrected chi connectivity index (χ4v) is 1.85. The predicted octanol–water partition coefficient (Wildman–Crippen LogP) is 3.87. The Morgan fingerprint density at radius 1 is 1.36 bits per heavy atom. The summed E-state index contributed by atoms with van der Waals surface area (Å²) in [4.78, 5) is 0. The summed E-state index contributed by atoms with van der Waals surface area (Å²) in [5.41, 5.74) is 0. The monoisotopic (exact) mass is 298 g/mol. The van der Waals surface area contributed by atoms with Crippen LogP contribution in [0.1, 0.15) is 0 Å². The van der Waals surface area contributed by atoms with E-state index in [2.05, 4.69) is 31.9 Å². The van der Waals surface area contributed by atoms with E-state index in [1.807, 2.05) is 0 Å². The van der Waals surface area contributed by atoms with Crippen molar-refractivity contribution < 1.29 is 4.74 Å². The van der Waals surface area contributed by atoms with E-state index in [0.717, 1.165) is 14.7 Å². The van der Waals surface area contributed by atoms with Gasteiger partial charge in [-0.1, -0.05) is 11.6 Å². The molecule has 0 saturated heterocycles. The summed E-state index contributed by atoms with van der Waals surface area (Å²) in [6, 6.07) is 3.55. The topological polar surface area (TPSA) is 9.23 Å². The van der Waals surface area contributed by atoms with Gasteiger partial charge in [0.15, 0.2) is 0 Å². The molecule has 1 aromatic rings. The summed E-state index contributed by atoms with van der Waals surface area (Å²) < 4.78 is 6.81. The van der Waals surface area contributed by atoms with Gasteiger partial charge in [0, 0.05) is 9.50 Å². The van der Waals surface area contributed by atoms with E-state index in [1.165, 1.54) is 0 Å². The largest absolute Gasteiger partial charge is 0.495 e. The van der Waals surface area contributed by atoms with Gasteiger partial charge >= 0.3 is 0 Å². The van der Waals surface area contributed by atoms with Crippen molar-refractivity contribution >= 4 is 43.5 Å². The SMILES string of the molecule is COc1cc(Cl)cc(Br)c1Br. The first-order valence-corrected chi connectivity index (χ1v) is 4.80. The van der Waals surface area contributed by atoms with Crippen molar-refractivity contribution in [3.8, 4) is 5.75 Å². The molecule has 1 aromatic carbocycles. The standard InChI is InChI=1S/C7H5Br2ClO/c1-11-6-3-4(10)2-5(8)7(6)9/h2-3H,1H3. The van der Waals surface area contributed by atoms with E-state index in [1.54, 1.807) is 19.2 Å². The third-order valence-electron chi connectivity index (χ3n) is 1.18. The van der Waals surface area contributed by atoms with Gasteiger partial charge in [-0.15, -0.1) is 0 Å². The van der Waals surface area contributed by atoms with Gasteiger partial charge in [-0.3, -0.25) is 0 Å². The number of ether oxygens (including phenoxy) is 1. The second-order valence-electron chi connectivity index (χ2n) is 1.90. The number of rotatable bonds is 1. The Balaban J connectivity index is 3.24. The fourth-order valence-electron chi connectivity index (χ4n) is 0.681. The number of benzene rings is 1. The van der Waals surface area contributed by atoms with Crippen LogP contribution in [0.25, 0.3) is 0 Å². The van der Waals surface area contributed by atoms with Gasteiger partial charge in [-0.25, -0.2) is 0 Å². The molecule has 0 atom stereocenters. The van der Waals surface area contributed by atoms with E-state index in [4.69, 9.17) is 16.3 Å². The number of hydrogen-bond acceptors (Lipinski definition) is 1. The third kappa shape index (κ3) is 2.10. The zero-order valence-electron chi connectivity index (χ0n) is 5.70. The first-order chi connectivity index (χ1) is 5.15. The summed E-state index contributed by atoms with van der Waals surface area (Å²) in [6.45, 7) is 0. The van der Waals surface area contributed by atoms with Crippen LogP contribution in [-0.4, -0.2) is 7.11 Å². The molecule has 0 aliphatic heterocycles. The molecule has 0 aromatic heterocycles. The van der Waals surface area contributed by atoms with Crippen LogP contribution in [0.4, 0.5) is 0 Å². The Morgan fingerprint density at radius 2 is 2.00 bits per heavy atom. The third-order valence-corrected chi connectivity index (χ3v) is 3.37. The molecule has 0 saturated carbocycles. The zero-order valence-corrected chi connectivity index (χ0v) is 9.62. The molecule has 0 unspecified atom stereocenters. The van der Waals surface area contributed by atoms with Crippen molar-refractivity contribution in [3.05, 3.63) is 26.1 Å². The van der Waals surface area contributed by atoms with Crippen LogP contribution >= 0.6 is 43.5 Å². The van der Waals surface area contributed by atoms with Crippen molar-refractivity contribution in [2.45, 2.75) is 0 Å². The van der Waals surface area contributed by atoms with Crippen molar-refractivity contribution in [1.82, 2.24) is 0 Å². The van der Waals surface area contributed by atoms with Gasteiger partial charge < -0.3 is 4.74 Å². The molecule has 0 bridgehead atoms. The normalized spacial score (nSPS) is 9.82. The molecule has 0 radical (unpaired) electrons. The maximum atomic E-state index is 5.77. The first-order valence-electron chi connectivity index (χ1n) is 2.83. The molecule has 0 aliphatic carbocycles. The zero-order chi connectivity index (χ0) is 8.43. The van der Waals surface area contributed by atoms with Crippen molar-refractivity contribution in [3.63, 3.8) is 0 Å². The molecule has 0 spiro atoms. The molecule has 0 N–H and O–H groups in total. The van der Waals surface area contributed by atoms with Gasteiger partial charge in [-0.05, 0) is 44.0 Å². The van der Waals surface area contributed by atoms with Crippen LogP contribution in [0.5, 0.6) is 5.75 Å². The highest BCUT2D eigenvalue weighted by Gasteiger charge is 2.05. The second-order valence-corrected chi connectivity index (χ2v) is 3.99. The minimum absolute atomic E-state index is 0.650. The van der Waals surface area contributed by atoms with E-state index in [0.29, 0.717) is 5.02 Å². The molecule has 0 heterocycles. The fraction of sp³-hybridized carbons (Fsp3) is 0.143. The molecule has 0 aliphatic rings. The van der Waals surface area contributed by atoms with E-state index in [9.17, 15) is 0 Å². The number of halogens is 3. The van der Waals surface area contributed by atoms with E-state index in [-0.39, 0.29) is 0 Å². The highest BCUT2D eigenvalue weighted by atomic mass is 79.9. The maximum absolute atomic E-state index is 5.77. The summed E-state index contributed by atoms with van der Waals surface area (Å²) in [5.74, 6) is 0.726. The maximum Gasteiger partial charge on any atom is 0.135 e. The summed E-state index contributed by atoms with van der Waals surface area (Å²) in [5, 5.41) is 0.650. The highest BCUT2D eigenvalue weighted by Crippen LogP contribution is 2.35. The number of methoxy groups -OCH3 is 1. The summed E-state index contributed by atoms with van der Waals surface area (Å²) in [6.07, 6.45) is 0. The van der Waals surface area contributed by atoms with E-state index >= 15 is 0 Å². The molecule has 0 amide bonds. The Morgan fingerprint density at radius 3 is 2.55 bits per heavy atom. The molecule has 0 fully saturated rings. The smallest absolute Gasteiger partial charge is 0.135 e. The Labute approximate surface area is 86.9 Å². The van der Waals surface area contributed by atoms with Gasteiger partial charge in [0.1, 0.15) is 5.75 Å². The first kappa shape index (κ1) is 9.36. The van der Waals surface area contributed by atoms with Gasteiger partial charge in [0.25, 0.3) is 0 Å². The molecule has 1 nitrogen and oxygen atoms in total. The highest BCUT2D eigenvalue weighted by molar-refractivity contribution is 9.13. The van der Waals surface area contributed by atoms with E-state index < -0.39 is 0 Å². The minimum atomic E-state index is 0.650. The lowest BCUT2D eigenvalue weighted by molar-refractivity contribution is 0.412. The molecule has 60 valence electrons. The quantitative estimate of drug-likeness (QED) is 0.715. The van der Waals surface area contributed by atoms with Gasteiger partial charge in [0.05, 0.1) is 11.6 Å². The van der Waals surface area contributed by atoms with Crippen molar-refractivity contribution in [2.24, 2.45) is 0 Å². The summed E-state index contributed by atoms with van der Waals surface area (Å²) >= 11 is 12.4. The van der Waals surface area contributed by atoms with Crippen molar-refractivity contribution in [1.29, 1.82) is 0 Å². The Hall–Kier alpha value is 0.270. The van der Waals surface area contributed by atoms with Crippen LogP contribution in [0.2, 0.25) is 5.02 Å². The average molecular weight is 300 g/mol. The van der Waals surface area contributed by atoms with Crippen LogP contribution in [-0.2, 0) is 0 Å². The van der Waals surface area contributed by atoms with Gasteiger partial charge in [0.2, 0.25) is 0 Å². The molecule has 1 rings (SSSR count). The lowest BCUT2D eigenvalue weighted by atomic mass is 10.3. The number of hydrogen-bond donors (Lipinski definition) is 0. The second kappa shape index (κ2) is 3.78. The molecule has 11 heavy (non-hydrogen) atoms.